The van der Waals surface area contributed by atoms with Gasteiger partial charge in [-0.1, -0.05) is 12.2 Å². The standard InChI is InChI=1S/C15H15N3O/c16-7-11-2-3-13-12(6-11)9-19-15(13)4-1-5-18-10-17-8-14(15)18/h3,6,8,10-11H,1-2,4-5,9H2. The molecule has 4 nitrogen and oxygen atoms in total. The lowest BCUT2D eigenvalue weighted by atomic mass is 9.78. The van der Waals surface area contributed by atoms with Crippen molar-refractivity contribution in [3.8, 4) is 6.07 Å². The van der Waals surface area contributed by atoms with Gasteiger partial charge in [0.15, 0.2) is 0 Å². The zero-order chi connectivity index (χ0) is 12.9. The Hall–Kier alpha value is -1.86. The van der Waals surface area contributed by atoms with Crippen LogP contribution in [-0.2, 0) is 16.9 Å². The molecule has 4 rings (SSSR count). The van der Waals surface area contributed by atoms with Crippen LogP contribution < -0.4 is 0 Å². The van der Waals surface area contributed by atoms with Gasteiger partial charge in [0, 0.05) is 6.54 Å². The van der Waals surface area contributed by atoms with E-state index in [1.807, 2.05) is 12.5 Å². The van der Waals surface area contributed by atoms with Gasteiger partial charge in [-0.25, -0.2) is 4.98 Å². The summed E-state index contributed by atoms with van der Waals surface area (Å²) >= 11 is 0. The predicted octanol–water partition coefficient (Wildman–Crippen LogP) is 2.30. The minimum atomic E-state index is -0.305. The van der Waals surface area contributed by atoms with Crippen LogP contribution in [0.15, 0.2) is 35.8 Å². The van der Waals surface area contributed by atoms with Crippen molar-refractivity contribution in [2.45, 2.75) is 31.4 Å². The van der Waals surface area contributed by atoms with Crippen molar-refractivity contribution in [1.82, 2.24) is 9.55 Å². The largest absolute Gasteiger partial charge is 0.359 e. The van der Waals surface area contributed by atoms with Gasteiger partial charge in [0.1, 0.15) is 5.60 Å². The number of aryl methyl sites for hydroxylation is 1. The van der Waals surface area contributed by atoms with Gasteiger partial charge in [0.25, 0.3) is 0 Å². The molecule has 0 aromatic carbocycles. The molecule has 2 unspecified atom stereocenters. The van der Waals surface area contributed by atoms with Gasteiger partial charge in [-0.2, -0.15) is 5.26 Å². The molecule has 0 bridgehead atoms. The number of allylic oxidation sites excluding steroid dienone is 2. The predicted molar refractivity (Wildman–Crippen MR) is 69.0 cm³/mol. The molecule has 4 heteroatoms. The lowest BCUT2D eigenvalue weighted by Gasteiger charge is -2.35. The molecular weight excluding hydrogens is 238 g/mol. The Morgan fingerprint density at radius 3 is 3.37 bits per heavy atom. The smallest absolute Gasteiger partial charge is 0.135 e. The Morgan fingerprint density at radius 1 is 1.53 bits per heavy atom. The summed E-state index contributed by atoms with van der Waals surface area (Å²) in [6.45, 7) is 1.64. The lowest BCUT2D eigenvalue weighted by Crippen LogP contribution is -2.34. The molecule has 0 radical (unpaired) electrons. The Kier molecular flexibility index (Phi) is 2.21. The number of hydrogen-bond acceptors (Lipinski definition) is 3. The molecule has 0 N–H and O–H groups in total. The number of imidazole rings is 1. The lowest BCUT2D eigenvalue weighted by molar-refractivity contribution is -0.00129. The average Bonchev–Trinajstić information content (AvgIpc) is 3.05. The average molecular weight is 253 g/mol. The second-order valence-corrected chi connectivity index (χ2v) is 5.47. The molecule has 1 aromatic rings. The van der Waals surface area contributed by atoms with E-state index in [9.17, 15) is 0 Å². The van der Waals surface area contributed by atoms with Crippen molar-refractivity contribution in [3.63, 3.8) is 0 Å². The first-order valence-corrected chi connectivity index (χ1v) is 6.79. The van der Waals surface area contributed by atoms with E-state index >= 15 is 0 Å². The number of nitriles is 1. The van der Waals surface area contributed by atoms with Crippen molar-refractivity contribution in [2.75, 3.05) is 6.61 Å². The first-order valence-electron chi connectivity index (χ1n) is 6.79. The molecule has 1 aliphatic carbocycles. The van der Waals surface area contributed by atoms with Crippen LogP contribution in [0.4, 0.5) is 0 Å². The van der Waals surface area contributed by atoms with Crippen LogP contribution in [0.5, 0.6) is 0 Å². The third-order valence-electron chi connectivity index (χ3n) is 4.45. The van der Waals surface area contributed by atoms with Gasteiger partial charge in [0.2, 0.25) is 0 Å². The van der Waals surface area contributed by atoms with E-state index in [1.165, 1.54) is 16.8 Å². The van der Waals surface area contributed by atoms with Crippen LogP contribution in [0.1, 0.15) is 25.0 Å². The molecule has 19 heavy (non-hydrogen) atoms. The van der Waals surface area contributed by atoms with Crippen molar-refractivity contribution >= 4 is 0 Å². The van der Waals surface area contributed by atoms with Gasteiger partial charge in [-0.15, -0.1) is 0 Å². The summed E-state index contributed by atoms with van der Waals surface area (Å²) in [5, 5.41) is 9.06. The fourth-order valence-electron chi connectivity index (χ4n) is 3.58. The molecule has 96 valence electrons. The summed E-state index contributed by atoms with van der Waals surface area (Å²) in [6, 6.07) is 2.33. The molecule has 1 spiro atoms. The maximum atomic E-state index is 9.06. The van der Waals surface area contributed by atoms with Gasteiger partial charge in [-0.3, -0.25) is 0 Å². The maximum absolute atomic E-state index is 9.06. The zero-order valence-corrected chi connectivity index (χ0v) is 10.7. The molecule has 0 saturated carbocycles. The van der Waals surface area contributed by atoms with Crippen LogP contribution >= 0.6 is 0 Å². The molecule has 1 aromatic heterocycles. The Morgan fingerprint density at radius 2 is 2.47 bits per heavy atom. The number of nitrogens with zero attached hydrogens (tertiary/aromatic N) is 3. The highest BCUT2D eigenvalue weighted by molar-refractivity contribution is 5.49. The fraction of sp³-hybridized carbons (Fsp3) is 0.467. The van der Waals surface area contributed by atoms with E-state index < -0.39 is 0 Å². The maximum Gasteiger partial charge on any atom is 0.135 e. The topological polar surface area (TPSA) is 50.8 Å². The van der Waals surface area contributed by atoms with E-state index in [1.54, 1.807) is 0 Å². The van der Waals surface area contributed by atoms with Gasteiger partial charge in [0.05, 0.1) is 36.8 Å². The summed E-state index contributed by atoms with van der Waals surface area (Å²) in [7, 11) is 0. The number of rotatable bonds is 0. The highest BCUT2D eigenvalue weighted by Crippen LogP contribution is 2.50. The van der Waals surface area contributed by atoms with Gasteiger partial charge < -0.3 is 9.30 Å². The SMILES string of the molecule is N#CC1C=C2COC3(CCCn4cncc43)C2=CC1. The Bertz CT molecular complexity index is 634. The summed E-state index contributed by atoms with van der Waals surface area (Å²) < 4.78 is 8.40. The summed E-state index contributed by atoms with van der Waals surface area (Å²) in [4.78, 5) is 4.28. The molecule has 3 aliphatic rings. The minimum Gasteiger partial charge on any atom is -0.359 e. The van der Waals surface area contributed by atoms with Crippen LogP contribution in [0.3, 0.4) is 0 Å². The third kappa shape index (κ3) is 1.39. The molecule has 1 fully saturated rings. The van der Waals surface area contributed by atoms with E-state index in [2.05, 4.69) is 27.8 Å². The van der Waals surface area contributed by atoms with E-state index in [-0.39, 0.29) is 11.5 Å². The van der Waals surface area contributed by atoms with Crippen molar-refractivity contribution in [3.05, 3.63) is 41.5 Å². The number of ether oxygens (including phenoxy) is 1. The molecule has 0 amide bonds. The van der Waals surface area contributed by atoms with Crippen molar-refractivity contribution in [2.24, 2.45) is 5.92 Å². The minimum absolute atomic E-state index is 0.00556. The number of aromatic nitrogens is 2. The van der Waals surface area contributed by atoms with Crippen LogP contribution in [0.2, 0.25) is 0 Å². The van der Waals surface area contributed by atoms with Crippen molar-refractivity contribution in [1.29, 1.82) is 5.26 Å². The molecule has 2 aliphatic heterocycles. The first-order chi connectivity index (χ1) is 9.33. The number of hydrogen-bond donors (Lipinski definition) is 0. The van der Waals surface area contributed by atoms with Crippen molar-refractivity contribution < 1.29 is 4.74 Å². The molecular formula is C15H15N3O. The molecule has 1 saturated heterocycles. The third-order valence-corrected chi connectivity index (χ3v) is 4.45. The van der Waals surface area contributed by atoms with E-state index in [0.29, 0.717) is 6.61 Å². The normalized spacial score (nSPS) is 32.3. The monoisotopic (exact) mass is 253 g/mol. The van der Waals surface area contributed by atoms with Gasteiger partial charge in [-0.05, 0) is 30.4 Å². The zero-order valence-electron chi connectivity index (χ0n) is 10.7. The van der Waals surface area contributed by atoms with Gasteiger partial charge >= 0.3 is 0 Å². The summed E-state index contributed by atoms with van der Waals surface area (Å²) in [5.41, 5.74) is 3.35. The molecule has 3 heterocycles. The van der Waals surface area contributed by atoms with E-state index in [4.69, 9.17) is 10.00 Å². The summed E-state index contributed by atoms with van der Waals surface area (Å²) in [5.74, 6) is 0.00556. The molecule has 2 atom stereocenters. The number of fused-ring (bicyclic) bond motifs is 4. The van der Waals surface area contributed by atoms with Crippen LogP contribution in [0, 0.1) is 17.2 Å². The first kappa shape index (κ1) is 11.0. The highest BCUT2D eigenvalue weighted by atomic mass is 16.5. The van der Waals surface area contributed by atoms with Crippen LogP contribution in [0.25, 0.3) is 0 Å². The summed E-state index contributed by atoms with van der Waals surface area (Å²) in [6.07, 6.45) is 11.0. The Labute approximate surface area is 112 Å². The fourth-order valence-corrected chi connectivity index (χ4v) is 3.58. The van der Waals surface area contributed by atoms with E-state index in [0.717, 1.165) is 25.8 Å². The Balaban J connectivity index is 1.82. The second-order valence-electron chi connectivity index (χ2n) is 5.47. The second kappa shape index (κ2) is 3.82. The van der Waals surface area contributed by atoms with Crippen LogP contribution in [-0.4, -0.2) is 16.2 Å². The highest BCUT2D eigenvalue weighted by Gasteiger charge is 2.48. The quantitative estimate of drug-likeness (QED) is 0.713.